The summed E-state index contributed by atoms with van der Waals surface area (Å²) in [6, 6.07) is 12.5. The molecule has 4 nitrogen and oxygen atoms in total. The molecule has 0 unspecified atom stereocenters. The fourth-order valence-corrected chi connectivity index (χ4v) is 4.19. The van der Waals surface area contributed by atoms with Gasteiger partial charge in [-0.05, 0) is 79.1 Å². The SMILES string of the molecule is C/C=C/COc1cc(C)c(OCS(C)(C)c2ccc(/C=N/OC)cc2)c(C)c1. The van der Waals surface area contributed by atoms with Crippen molar-refractivity contribution in [3.8, 4) is 11.5 Å². The van der Waals surface area contributed by atoms with Gasteiger partial charge < -0.3 is 14.3 Å². The first-order valence-corrected chi connectivity index (χ1v) is 11.8. The Hall–Kier alpha value is -2.40. The summed E-state index contributed by atoms with van der Waals surface area (Å²) in [6.45, 7) is 6.70. The van der Waals surface area contributed by atoms with Gasteiger partial charge in [-0.2, -0.15) is 10.0 Å². The van der Waals surface area contributed by atoms with Gasteiger partial charge in [0.2, 0.25) is 0 Å². The van der Waals surface area contributed by atoms with E-state index in [1.165, 1.54) is 4.90 Å². The van der Waals surface area contributed by atoms with Gasteiger partial charge in [0.05, 0.1) is 6.21 Å². The predicted molar refractivity (Wildman–Crippen MR) is 120 cm³/mol. The van der Waals surface area contributed by atoms with Crippen molar-refractivity contribution in [2.75, 3.05) is 32.2 Å². The summed E-state index contributed by atoms with van der Waals surface area (Å²) in [5.74, 6) is 2.49. The smallest absolute Gasteiger partial charge is 0.126 e. The molecule has 5 heteroatoms. The van der Waals surface area contributed by atoms with Crippen molar-refractivity contribution in [3.63, 3.8) is 0 Å². The highest BCUT2D eigenvalue weighted by Crippen LogP contribution is 2.49. The van der Waals surface area contributed by atoms with Crippen molar-refractivity contribution in [1.29, 1.82) is 0 Å². The summed E-state index contributed by atoms with van der Waals surface area (Å²) in [5, 5.41) is 3.80. The van der Waals surface area contributed by atoms with E-state index in [1.54, 1.807) is 13.3 Å². The number of ether oxygens (including phenoxy) is 2. The predicted octanol–water partition coefficient (Wildman–Crippen LogP) is 5.70. The highest BCUT2D eigenvalue weighted by Gasteiger charge is 2.17. The molecule has 152 valence electrons. The third-order valence-corrected chi connectivity index (χ3v) is 6.59. The molecular formula is C23H31NO3S. The van der Waals surface area contributed by atoms with Gasteiger partial charge in [0.15, 0.2) is 0 Å². The summed E-state index contributed by atoms with van der Waals surface area (Å²) >= 11 is 0. The molecular weight excluding hydrogens is 370 g/mol. The molecule has 0 aliphatic carbocycles. The minimum Gasteiger partial charge on any atom is -0.490 e. The highest BCUT2D eigenvalue weighted by molar-refractivity contribution is 8.32. The van der Waals surface area contributed by atoms with Crippen molar-refractivity contribution >= 4 is 16.2 Å². The van der Waals surface area contributed by atoms with Crippen molar-refractivity contribution < 1.29 is 14.3 Å². The van der Waals surface area contributed by atoms with Crippen LogP contribution >= 0.6 is 10.0 Å². The van der Waals surface area contributed by atoms with Crippen molar-refractivity contribution in [2.24, 2.45) is 5.16 Å². The van der Waals surface area contributed by atoms with Gasteiger partial charge in [0, 0.05) is 0 Å². The third kappa shape index (κ3) is 6.06. The molecule has 0 spiro atoms. The maximum Gasteiger partial charge on any atom is 0.126 e. The van der Waals surface area contributed by atoms with Crippen molar-refractivity contribution in [2.45, 2.75) is 25.7 Å². The minimum atomic E-state index is -1.10. The number of hydrogen-bond donors (Lipinski definition) is 0. The molecule has 2 aromatic rings. The summed E-state index contributed by atoms with van der Waals surface area (Å²) in [7, 11) is 0.447. The first-order valence-electron chi connectivity index (χ1n) is 9.23. The molecule has 0 fully saturated rings. The van der Waals surface area contributed by atoms with Gasteiger partial charge >= 0.3 is 0 Å². The average molecular weight is 402 g/mol. The van der Waals surface area contributed by atoms with Crippen LogP contribution in [0, 0.1) is 13.8 Å². The van der Waals surface area contributed by atoms with Gasteiger partial charge in [0.1, 0.15) is 31.2 Å². The van der Waals surface area contributed by atoms with E-state index in [4.69, 9.17) is 14.3 Å². The minimum absolute atomic E-state index is 0.581. The summed E-state index contributed by atoms with van der Waals surface area (Å²) < 4.78 is 12.0. The summed E-state index contributed by atoms with van der Waals surface area (Å²) in [6.07, 6.45) is 10.2. The van der Waals surface area contributed by atoms with Crippen LogP contribution in [0.15, 0.2) is 58.6 Å². The van der Waals surface area contributed by atoms with Crippen LogP contribution in [0.25, 0.3) is 0 Å². The maximum atomic E-state index is 6.28. The van der Waals surface area contributed by atoms with Crippen LogP contribution < -0.4 is 9.47 Å². The van der Waals surface area contributed by atoms with E-state index in [9.17, 15) is 0 Å². The van der Waals surface area contributed by atoms with E-state index in [-0.39, 0.29) is 0 Å². The van der Waals surface area contributed by atoms with E-state index in [1.807, 2.05) is 31.2 Å². The number of rotatable bonds is 9. The van der Waals surface area contributed by atoms with Gasteiger partial charge in [-0.25, -0.2) is 0 Å². The second-order valence-electron chi connectivity index (χ2n) is 7.05. The molecule has 0 heterocycles. The van der Waals surface area contributed by atoms with Crippen LogP contribution in [-0.2, 0) is 4.84 Å². The lowest BCUT2D eigenvalue weighted by atomic mass is 10.1. The van der Waals surface area contributed by atoms with Gasteiger partial charge in [-0.15, -0.1) is 0 Å². The number of benzene rings is 2. The molecule has 0 saturated heterocycles. The lowest BCUT2D eigenvalue weighted by Gasteiger charge is -2.32. The largest absolute Gasteiger partial charge is 0.490 e. The van der Waals surface area contributed by atoms with E-state index in [2.05, 4.69) is 55.8 Å². The van der Waals surface area contributed by atoms with E-state index < -0.39 is 10.0 Å². The fraction of sp³-hybridized carbons (Fsp3) is 0.348. The van der Waals surface area contributed by atoms with Gasteiger partial charge in [-0.3, -0.25) is 0 Å². The Morgan fingerprint density at radius 2 is 1.64 bits per heavy atom. The first kappa shape index (κ1) is 21.9. The topological polar surface area (TPSA) is 40.0 Å². The zero-order valence-electron chi connectivity index (χ0n) is 17.7. The quantitative estimate of drug-likeness (QED) is 0.307. The molecule has 0 bridgehead atoms. The number of aryl methyl sites for hydroxylation is 2. The Morgan fingerprint density at radius 3 is 2.21 bits per heavy atom. The molecule has 0 atom stereocenters. The molecule has 2 aromatic carbocycles. The third-order valence-electron chi connectivity index (χ3n) is 4.34. The molecule has 0 saturated carbocycles. The average Bonchev–Trinajstić information content (AvgIpc) is 2.66. The van der Waals surface area contributed by atoms with Gasteiger partial charge in [-0.1, -0.05) is 29.4 Å². The van der Waals surface area contributed by atoms with Crippen LogP contribution in [0.1, 0.15) is 23.6 Å². The van der Waals surface area contributed by atoms with Crippen LogP contribution in [-0.4, -0.2) is 38.4 Å². The number of hydrogen-bond acceptors (Lipinski definition) is 4. The molecule has 0 amide bonds. The Kier molecular flexibility index (Phi) is 8.00. The van der Waals surface area contributed by atoms with E-state index in [0.717, 1.165) is 28.2 Å². The molecule has 0 aliphatic heterocycles. The molecule has 0 aromatic heterocycles. The lowest BCUT2D eigenvalue weighted by molar-refractivity contribution is 0.215. The monoisotopic (exact) mass is 401 g/mol. The van der Waals surface area contributed by atoms with Crippen LogP contribution in [0.3, 0.4) is 0 Å². The standard InChI is InChI=1S/C23H31NO3S/c1-7-8-13-26-21-14-18(2)23(19(3)15-21)27-17-28(5,6)22-11-9-20(10-12-22)16-24-25-4/h7-12,14-16H,13,17H2,1-6H3/b8-7+,24-16+. The Morgan fingerprint density at radius 1 is 1.00 bits per heavy atom. The first-order chi connectivity index (χ1) is 13.4. The zero-order valence-corrected chi connectivity index (χ0v) is 18.5. The maximum absolute atomic E-state index is 6.28. The van der Waals surface area contributed by atoms with Gasteiger partial charge in [0.25, 0.3) is 0 Å². The molecule has 0 N–H and O–H groups in total. The van der Waals surface area contributed by atoms with Crippen LogP contribution in [0.2, 0.25) is 0 Å². The molecule has 2 rings (SSSR count). The molecule has 0 radical (unpaired) electrons. The summed E-state index contributed by atoms with van der Waals surface area (Å²) in [4.78, 5) is 6.03. The Balaban J connectivity index is 2.08. The summed E-state index contributed by atoms with van der Waals surface area (Å²) in [5.41, 5.74) is 3.20. The van der Waals surface area contributed by atoms with Crippen LogP contribution in [0.5, 0.6) is 11.5 Å². The number of nitrogens with zero attached hydrogens (tertiary/aromatic N) is 1. The van der Waals surface area contributed by atoms with E-state index >= 15 is 0 Å². The second kappa shape index (κ2) is 10.2. The van der Waals surface area contributed by atoms with Crippen molar-refractivity contribution in [3.05, 3.63) is 65.2 Å². The molecule has 28 heavy (non-hydrogen) atoms. The Labute approximate surface area is 170 Å². The van der Waals surface area contributed by atoms with Crippen molar-refractivity contribution in [1.82, 2.24) is 0 Å². The lowest BCUT2D eigenvalue weighted by Crippen LogP contribution is -2.10. The molecule has 0 aliphatic rings. The fourth-order valence-electron chi connectivity index (χ4n) is 2.77. The normalized spacial score (nSPS) is 12.5. The number of allylic oxidation sites excluding steroid dienone is 1. The number of oxime groups is 1. The second-order valence-corrected chi connectivity index (χ2v) is 10.8. The Bertz CT molecular complexity index is 803. The highest BCUT2D eigenvalue weighted by atomic mass is 32.3. The van der Waals surface area contributed by atoms with E-state index in [0.29, 0.717) is 12.5 Å². The zero-order chi connectivity index (χ0) is 20.6. The van der Waals surface area contributed by atoms with Crippen LogP contribution in [0.4, 0.5) is 0 Å².